The van der Waals surface area contributed by atoms with Crippen LogP contribution in [-0.4, -0.2) is 27.6 Å². The molecule has 0 spiro atoms. The number of rotatable bonds is 5. The van der Waals surface area contributed by atoms with E-state index in [2.05, 4.69) is 5.32 Å². The molecule has 1 saturated heterocycles. The van der Waals surface area contributed by atoms with Crippen molar-refractivity contribution >= 4 is 86.7 Å². The number of hydrogen-bond donors (Lipinski definition) is 1. The molecule has 144 valence electrons. The summed E-state index contributed by atoms with van der Waals surface area (Å²) in [7, 11) is 0. The maximum absolute atomic E-state index is 12.6. The van der Waals surface area contributed by atoms with Crippen LogP contribution in [0.4, 0.5) is 5.69 Å². The van der Waals surface area contributed by atoms with Crippen LogP contribution >= 0.6 is 58.8 Å². The van der Waals surface area contributed by atoms with Crippen molar-refractivity contribution in [3.63, 3.8) is 0 Å². The summed E-state index contributed by atoms with van der Waals surface area (Å²) < 4.78 is 0.405. The molecule has 1 N–H and O–H groups in total. The van der Waals surface area contributed by atoms with Crippen molar-refractivity contribution < 1.29 is 9.59 Å². The number of thioether (sulfide) groups is 1. The summed E-state index contributed by atoms with van der Waals surface area (Å²) >= 11 is 24.5. The van der Waals surface area contributed by atoms with Crippen molar-refractivity contribution in [3.05, 3.63) is 68.0 Å². The maximum atomic E-state index is 12.6. The summed E-state index contributed by atoms with van der Waals surface area (Å²) in [6.45, 7) is 0.171. The summed E-state index contributed by atoms with van der Waals surface area (Å²) in [5.74, 6) is -0.518. The number of nitrogens with zero attached hydrogens (tertiary/aromatic N) is 1. The van der Waals surface area contributed by atoms with Gasteiger partial charge in [0.05, 0.1) is 4.91 Å². The number of nitrogens with one attached hydrogen (secondary N) is 1. The van der Waals surface area contributed by atoms with Crippen molar-refractivity contribution in [3.8, 4) is 0 Å². The number of hydrogen-bond acceptors (Lipinski definition) is 4. The Bertz CT molecular complexity index is 975. The number of carbonyl (C=O) groups excluding carboxylic acids is 2. The number of thiocarbonyl (C=S) groups is 1. The van der Waals surface area contributed by atoms with E-state index in [1.54, 1.807) is 30.3 Å². The molecule has 2 aromatic rings. The fraction of sp³-hybridized carbons (Fsp3) is 0.105. The molecular formula is C19H13Cl3N2O2S2. The van der Waals surface area contributed by atoms with E-state index in [0.29, 0.717) is 30.0 Å². The Kier molecular flexibility index (Phi) is 7.01. The zero-order valence-corrected chi connectivity index (χ0v) is 18.1. The molecule has 0 aliphatic carbocycles. The molecule has 0 bridgehead atoms. The zero-order chi connectivity index (χ0) is 20.3. The van der Waals surface area contributed by atoms with Crippen LogP contribution in [0.5, 0.6) is 0 Å². The quantitative estimate of drug-likeness (QED) is 0.437. The number of halogens is 3. The molecule has 28 heavy (non-hydrogen) atoms. The molecule has 1 fully saturated rings. The Morgan fingerprint density at radius 1 is 1.14 bits per heavy atom. The van der Waals surface area contributed by atoms with E-state index in [-0.39, 0.29) is 24.8 Å². The first-order chi connectivity index (χ1) is 13.3. The smallest absolute Gasteiger partial charge is 0.266 e. The van der Waals surface area contributed by atoms with Crippen molar-refractivity contribution in [1.29, 1.82) is 0 Å². The Labute approximate surface area is 186 Å². The van der Waals surface area contributed by atoms with Crippen LogP contribution in [-0.2, 0) is 9.59 Å². The van der Waals surface area contributed by atoms with Crippen LogP contribution in [0.3, 0.4) is 0 Å². The summed E-state index contributed by atoms with van der Waals surface area (Å²) in [6.07, 6.45) is 1.78. The number of amides is 2. The summed E-state index contributed by atoms with van der Waals surface area (Å²) in [6, 6.07) is 12.0. The molecular weight excluding hydrogens is 459 g/mol. The Morgan fingerprint density at radius 2 is 1.82 bits per heavy atom. The van der Waals surface area contributed by atoms with Gasteiger partial charge in [-0.2, -0.15) is 0 Å². The van der Waals surface area contributed by atoms with E-state index in [1.165, 1.54) is 16.7 Å². The van der Waals surface area contributed by atoms with Gasteiger partial charge in [0.2, 0.25) is 5.91 Å². The van der Waals surface area contributed by atoms with E-state index in [4.69, 9.17) is 47.0 Å². The van der Waals surface area contributed by atoms with Crippen LogP contribution in [0.25, 0.3) is 6.08 Å². The Hall–Kier alpha value is -1.57. The highest BCUT2D eigenvalue weighted by Gasteiger charge is 2.32. The van der Waals surface area contributed by atoms with Gasteiger partial charge in [-0.05, 0) is 35.9 Å². The monoisotopic (exact) mass is 470 g/mol. The predicted molar refractivity (Wildman–Crippen MR) is 121 cm³/mol. The van der Waals surface area contributed by atoms with Gasteiger partial charge in [-0.1, -0.05) is 77.0 Å². The summed E-state index contributed by atoms with van der Waals surface area (Å²) in [5, 5.41) is 4.10. The lowest BCUT2D eigenvalue weighted by atomic mass is 10.2. The van der Waals surface area contributed by atoms with Gasteiger partial charge in [-0.3, -0.25) is 14.5 Å². The first-order valence-electron chi connectivity index (χ1n) is 8.09. The second kappa shape index (κ2) is 9.29. The van der Waals surface area contributed by atoms with Crippen LogP contribution in [0, 0.1) is 0 Å². The maximum Gasteiger partial charge on any atom is 0.266 e. The SMILES string of the molecule is O=C(CCN1C(=O)/C(=C/c2ccccc2Cl)SC1=S)Nc1cc(Cl)cc(Cl)c1. The third-order valence-electron chi connectivity index (χ3n) is 3.77. The lowest BCUT2D eigenvalue weighted by molar-refractivity contribution is -0.122. The lowest BCUT2D eigenvalue weighted by Crippen LogP contribution is -2.31. The van der Waals surface area contributed by atoms with Gasteiger partial charge in [-0.25, -0.2) is 0 Å². The van der Waals surface area contributed by atoms with Gasteiger partial charge in [0.15, 0.2) is 0 Å². The standard InChI is InChI=1S/C19H13Cl3N2O2S2/c20-12-8-13(21)10-14(9-12)23-17(25)5-6-24-18(26)16(28-19(24)27)7-11-3-1-2-4-15(11)22/h1-4,7-10H,5-6H2,(H,23,25)/b16-7-. The highest BCUT2D eigenvalue weighted by atomic mass is 35.5. The molecule has 2 amide bonds. The summed E-state index contributed by atoms with van der Waals surface area (Å²) in [5.41, 5.74) is 1.23. The third-order valence-corrected chi connectivity index (χ3v) is 5.93. The highest BCUT2D eigenvalue weighted by molar-refractivity contribution is 8.26. The Balaban J connectivity index is 1.63. The van der Waals surface area contributed by atoms with Gasteiger partial charge >= 0.3 is 0 Å². The molecule has 2 aromatic carbocycles. The molecule has 0 atom stereocenters. The molecule has 0 aromatic heterocycles. The molecule has 0 unspecified atom stereocenters. The van der Waals surface area contributed by atoms with Gasteiger partial charge < -0.3 is 5.32 Å². The molecule has 9 heteroatoms. The van der Waals surface area contributed by atoms with Crippen molar-refractivity contribution in [1.82, 2.24) is 4.90 Å². The fourth-order valence-electron chi connectivity index (χ4n) is 2.49. The van der Waals surface area contributed by atoms with E-state index < -0.39 is 0 Å². The van der Waals surface area contributed by atoms with Gasteiger partial charge in [0.1, 0.15) is 4.32 Å². The lowest BCUT2D eigenvalue weighted by Gasteiger charge is -2.14. The van der Waals surface area contributed by atoms with Crippen molar-refractivity contribution in [2.24, 2.45) is 0 Å². The molecule has 0 radical (unpaired) electrons. The van der Waals surface area contributed by atoms with E-state index >= 15 is 0 Å². The molecule has 1 aliphatic rings. The topological polar surface area (TPSA) is 49.4 Å². The van der Waals surface area contributed by atoms with Crippen LogP contribution in [0.15, 0.2) is 47.4 Å². The molecule has 3 rings (SSSR count). The Morgan fingerprint density at radius 3 is 2.50 bits per heavy atom. The molecule has 0 saturated carbocycles. The fourth-order valence-corrected chi connectivity index (χ4v) is 4.50. The third kappa shape index (κ3) is 5.27. The second-order valence-electron chi connectivity index (χ2n) is 5.81. The first kappa shape index (κ1) is 21.1. The van der Waals surface area contributed by atoms with Crippen LogP contribution in [0.2, 0.25) is 15.1 Å². The average Bonchev–Trinajstić information content (AvgIpc) is 2.87. The normalized spacial score (nSPS) is 15.4. The minimum absolute atomic E-state index is 0.0793. The van der Waals surface area contributed by atoms with Gasteiger partial charge in [0, 0.05) is 33.7 Å². The van der Waals surface area contributed by atoms with E-state index in [1.807, 2.05) is 18.2 Å². The number of carbonyl (C=O) groups is 2. The number of benzene rings is 2. The average molecular weight is 472 g/mol. The van der Waals surface area contributed by atoms with Crippen LogP contribution < -0.4 is 5.32 Å². The van der Waals surface area contributed by atoms with Crippen molar-refractivity contribution in [2.75, 3.05) is 11.9 Å². The van der Waals surface area contributed by atoms with Crippen molar-refractivity contribution in [2.45, 2.75) is 6.42 Å². The summed E-state index contributed by atoms with van der Waals surface area (Å²) in [4.78, 5) is 26.7. The minimum atomic E-state index is -0.275. The highest BCUT2D eigenvalue weighted by Crippen LogP contribution is 2.33. The van der Waals surface area contributed by atoms with Crippen LogP contribution in [0.1, 0.15) is 12.0 Å². The molecule has 1 heterocycles. The van der Waals surface area contributed by atoms with E-state index in [0.717, 1.165) is 5.56 Å². The molecule has 4 nitrogen and oxygen atoms in total. The second-order valence-corrected chi connectivity index (χ2v) is 8.77. The van der Waals surface area contributed by atoms with E-state index in [9.17, 15) is 9.59 Å². The van der Waals surface area contributed by atoms with Gasteiger partial charge in [-0.15, -0.1) is 0 Å². The number of anilines is 1. The largest absolute Gasteiger partial charge is 0.326 e. The van der Waals surface area contributed by atoms with Gasteiger partial charge in [0.25, 0.3) is 5.91 Å². The minimum Gasteiger partial charge on any atom is -0.326 e. The molecule has 1 aliphatic heterocycles. The first-order valence-corrected chi connectivity index (χ1v) is 10.4. The predicted octanol–water partition coefficient (Wildman–Crippen LogP) is 5.88. The zero-order valence-electron chi connectivity index (χ0n) is 14.2.